The minimum atomic E-state index is -0.0764. The fourth-order valence-electron chi connectivity index (χ4n) is 1.97. The van der Waals surface area contributed by atoms with Crippen LogP contribution in [0, 0.1) is 6.92 Å². The maximum Gasteiger partial charge on any atom is 0.217 e. The normalized spacial score (nSPS) is 10.8. The van der Waals surface area contributed by atoms with Crippen molar-refractivity contribution in [2.45, 2.75) is 26.8 Å². The van der Waals surface area contributed by atoms with E-state index in [9.17, 15) is 4.79 Å². The van der Waals surface area contributed by atoms with Gasteiger partial charge in [0.15, 0.2) is 5.76 Å². The Morgan fingerprint density at radius 2 is 2.14 bits per heavy atom. The third-order valence-electron chi connectivity index (χ3n) is 2.98. The molecule has 0 aliphatic carbocycles. The van der Waals surface area contributed by atoms with Crippen LogP contribution in [0.25, 0.3) is 11.5 Å². The van der Waals surface area contributed by atoms with Gasteiger partial charge >= 0.3 is 0 Å². The Balaban J connectivity index is 1.69. The SMILES string of the molecule is CC(=O)NCc1ccc(-c2csc(Cc3csc(C)n3)n2)o1. The summed E-state index contributed by atoms with van der Waals surface area (Å²) < 4.78 is 5.70. The molecule has 0 saturated carbocycles. The second kappa shape index (κ2) is 6.41. The van der Waals surface area contributed by atoms with Crippen LogP contribution in [0.3, 0.4) is 0 Å². The van der Waals surface area contributed by atoms with Crippen LogP contribution in [-0.4, -0.2) is 15.9 Å². The molecule has 7 heteroatoms. The Hall–Kier alpha value is -1.99. The van der Waals surface area contributed by atoms with Gasteiger partial charge in [0.1, 0.15) is 11.5 Å². The van der Waals surface area contributed by atoms with Crippen LogP contribution in [0.15, 0.2) is 27.3 Å². The molecule has 1 N–H and O–H groups in total. The van der Waals surface area contributed by atoms with Gasteiger partial charge in [-0.05, 0) is 19.1 Å². The molecule has 3 aromatic heterocycles. The smallest absolute Gasteiger partial charge is 0.217 e. The molecule has 1 amide bonds. The molecular weight excluding hydrogens is 318 g/mol. The second-order valence-electron chi connectivity index (χ2n) is 4.84. The van der Waals surface area contributed by atoms with E-state index in [4.69, 9.17) is 4.42 Å². The zero-order valence-corrected chi connectivity index (χ0v) is 13.9. The molecule has 3 rings (SSSR count). The minimum absolute atomic E-state index is 0.0764. The number of carbonyl (C=O) groups excluding carboxylic acids is 1. The summed E-state index contributed by atoms with van der Waals surface area (Å²) in [6, 6.07) is 3.73. The molecule has 3 aromatic rings. The van der Waals surface area contributed by atoms with Gasteiger partial charge in [0.25, 0.3) is 0 Å². The summed E-state index contributed by atoms with van der Waals surface area (Å²) in [6.45, 7) is 3.88. The molecule has 0 spiro atoms. The van der Waals surface area contributed by atoms with Gasteiger partial charge in [-0.25, -0.2) is 9.97 Å². The first-order chi connectivity index (χ1) is 10.6. The molecular formula is C15H15N3O2S2. The molecule has 0 fully saturated rings. The van der Waals surface area contributed by atoms with E-state index < -0.39 is 0 Å². The maximum absolute atomic E-state index is 10.9. The summed E-state index contributed by atoms with van der Waals surface area (Å²) >= 11 is 3.25. The number of aryl methyl sites for hydroxylation is 1. The predicted molar refractivity (Wildman–Crippen MR) is 87.0 cm³/mol. The van der Waals surface area contributed by atoms with Crippen LogP contribution >= 0.6 is 22.7 Å². The maximum atomic E-state index is 10.9. The summed E-state index contributed by atoms with van der Waals surface area (Å²) in [4.78, 5) is 20.0. The predicted octanol–water partition coefficient (Wildman–Crippen LogP) is 3.39. The topological polar surface area (TPSA) is 68.0 Å². The zero-order chi connectivity index (χ0) is 15.5. The average Bonchev–Trinajstić information content (AvgIpc) is 3.18. The van der Waals surface area contributed by atoms with Crippen molar-refractivity contribution in [2.75, 3.05) is 0 Å². The number of nitrogens with zero attached hydrogens (tertiary/aromatic N) is 2. The summed E-state index contributed by atoms with van der Waals surface area (Å²) in [5, 5.41) is 8.84. The molecule has 0 atom stereocenters. The highest BCUT2D eigenvalue weighted by atomic mass is 32.1. The Morgan fingerprint density at radius 3 is 2.86 bits per heavy atom. The highest BCUT2D eigenvalue weighted by Gasteiger charge is 2.11. The number of rotatable bonds is 5. The lowest BCUT2D eigenvalue weighted by molar-refractivity contribution is -0.119. The summed E-state index contributed by atoms with van der Waals surface area (Å²) in [5.41, 5.74) is 1.87. The van der Waals surface area contributed by atoms with Gasteiger partial charge in [-0.1, -0.05) is 0 Å². The standard InChI is InChI=1S/C15H15N3O2S2/c1-9(19)16-6-12-3-4-14(20-12)13-8-22-15(18-13)5-11-7-21-10(2)17-11/h3-4,7-8H,5-6H2,1-2H3,(H,16,19). The molecule has 0 unspecified atom stereocenters. The Bertz CT molecular complexity index is 788. The number of amides is 1. The molecule has 3 heterocycles. The zero-order valence-electron chi connectivity index (χ0n) is 12.3. The quantitative estimate of drug-likeness (QED) is 0.777. The number of furan rings is 1. The molecule has 22 heavy (non-hydrogen) atoms. The highest BCUT2D eigenvalue weighted by molar-refractivity contribution is 7.10. The van der Waals surface area contributed by atoms with Gasteiger partial charge in [0.2, 0.25) is 5.91 Å². The van der Waals surface area contributed by atoms with E-state index in [0.717, 1.165) is 39.3 Å². The Labute approximate surface area is 136 Å². The summed E-state index contributed by atoms with van der Waals surface area (Å²) in [6.07, 6.45) is 0.745. The molecule has 5 nitrogen and oxygen atoms in total. The Morgan fingerprint density at radius 1 is 1.27 bits per heavy atom. The van der Waals surface area contributed by atoms with Crippen molar-refractivity contribution in [3.05, 3.63) is 44.4 Å². The molecule has 114 valence electrons. The largest absolute Gasteiger partial charge is 0.458 e. The van der Waals surface area contributed by atoms with E-state index in [-0.39, 0.29) is 5.91 Å². The van der Waals surface area contributed by atoms with E-state index in [1.807, 2.05) is 24.4 Å². The minimum Gasteiger partial charge on any atom is -0.458 e. The van der Waals surface area contributed by atoms with Crippen LogP contribution in [-0.2, 0) is 17.8 Å². The van der Waals surface area contributed by atoms with Crippen LogP contribution in [0.5, 0.6) is 0 Å². The monoisotopic (exact) mass is 333 g/mol. The fraction of sp³-hybridized carbons (Fsp3) is 0.267. The van der Waals surface area contributed by atoms with Crippen molar-refractivity contribution in [2.24, 2.45) is 0 Å². The Kier molecular flexibility index (Phi) is 4.35. The molecule has 0 aliphatic rings. The van der Waals surface area contributed by atoms with Crippen molar-refractivity contribution in [1.29, 1.82) is 0 Å². The number of thiazole rings is 2. The average molecular weight is 333 g/mol. The first-order valence-electron chi connectivity index (χ1n) is 6.79. The number of hydrogen-bond acceptors (Lipinski definition) is 6. The van der Waals surface area contributed by atoms with Gasteiger partial charge in [-0.2, -0.15) is 0 Å². The van der Waals surface area contributed by atoms with Crippen LogP contribution in [0.1, 0.15) is 28.4 Å². The van der Waals surface area contributed by atoms with E-state index in [0.29, 0.717) is 6.54 Å². The molecule has 0 aliphatic heterocycles. The highest BCUT2D eigenvalue weighted by Crippen LogP contribution is 2.25. The summed E-state index contributed by atoms with van der Waals surface area (Å²) in [7, 11) is 0. The van der Waals surface area contributed by atoms with Crippen molar-refractivity contribution >= 4 is 28.6 Å². The van der Waals surface area contributed by atoms with Gasteiger partial charge in [-0.3, -0.25) is 4.79 Å². The van der Waals surface area contributed by atoms with E-state index in [1.165, 1.54) is 6.92 Å². The first kappa shape index (κ1) is 14.9. The molecule has 0 aromatic carbocycles. The number of carbonyl (C=O) groups is 1. The first-order valence-corrected chi connectivity index (χ1v) is 8.55. The fourth-order valence-corrected chi connectivity index (χ4v) is 3.38. The van der Waals surface area contributed by atoms with E-state index in [1.54, 1.807) is 22.7 Å². The van der Waals surface area contributed by atoms with E-state index >= 15 is 0 Å². The lowest BCUT2D eigenvalue weighted by Crippen LogP contribution is -2.18. The van der Waals surface area contributed by atoms with Crippen LogP contribution in [0.2, 0.25) is 0 Å². The van der Waals surface area contributed by atoms with Crippen molar-refractivity contribution in [1.82, 2.24) is 15.3 Å². The second-order valence-corrected chi connectivity index (χ2v) is 6.84. The van der Waals surface area contributed by atoms with Gasteiger partial charge in [0.05, 0.1) is 22.3 Å². The molecule has 0 radical (unpaired) electrons. The number of hydrogen-bond donors (Lipinski definition) is 1. The van der Waals surface area contributed by atoms with Crippen molar-refractivity contribution in [3.63, 3.8) is 0 Å². The number of nitrogens with one attached hydrogen (secondary N) is 1. The summed E-state index contributed by atoms with van der Waals surface area (Å²) in [5.74, 6) is 1.36. The van der Waals surface area contributed by atoms with Crippen molar-refractivity contribution < 1.29 is 9.21 Å². The van der Waals surface area contributed by atoms with Crippen molar-refractivity contribution in [3.8, 4) is 11.5 Å². The lowest BCUT2D eigenvalue weighted by atomic mass is 10.3. The van der Waals surface area contributed by atoms with Crippen LogP contribution < -0.4 is 5.32 Å². The third kappa shape index (κ3) is 3.61. The molecule has 0 bridgehead atoms. The third-order valence-corrected chi connectivity index (χ3v) is 4.65. The van der Waals surface area contributed by atoms with Gasteiger partial charge in [-0.15, -0.1) is 22.7 Å². The number of aromatic nitrogens is 2. The lowest BCUT2D eigenvalue weighted by Gasteiger charge is -1.97. The van der Waals surface area contributed by atoms with Crippen LogP contribution in [0.4, 0.5) is 0 Å². The van der Waals surface area contributed by atoms with Gasteiger partial charge < -0.3 is 9.73 Å². The van der Waals surface area contributed by atoms with E-state index in [2.05, 4.69) is 20.7 Å². The molecule has 0 saturated heterocycles. The van der Waals surface area contributed by atoms with Gasteiger partial charge in [0, 0.05) is 24.1 Å².